The summed E-state index contributed by atoms with van der Waals surface area (Å²) in [4.78, 5) is 42.6. The molecule has 0 aromatic heterocycles. The SMILES string of the molecule is CCOC(=O)C1(C(=O)OCC)[C@H](c2ccccc2)[C@H]2COC[C@H]2N1C(=O)c1ccccc1. The monoisotopic (exact) mass is 437 g/mol. The minimum Gasteiger partial charge on any atom is -0.464 e. The molecule has 2 aromatic rings. The van der Waals surface area contributed by atoms with E-state index in [0.29, 0.717) is 12.2 Å². The number of fused-ring (bicyclic) bond motifs is 1. The van der Waals surface area contributed by atoms with Crippen LogP contribution < -0.4 is 0 Å². The van der Waals surface area contributed by atoms with Crippen molar-refractivity contribution >= 4 is 17.8 Å². The molecule has 7 heteroatoms. The van der Waals surface area contributed by atoms with E-state index in [0.717, 1.165) is 5.56 Å². The van der Waals surface area contributed by atoms with E-state index >= 15 is 0 Å². The van der Waals surface area contributed by atoms with Crippen LogP contribution in [-0.2, 0) is 23.8 Å². The average molecular weight is 437 g/mol. The van der Waals surface area contributed by atoms with Gasteiger partial charge < -0.3 is 19.1 Å². The molecule has 2 aliphatic heterocycles. The summed E-state index contributed by atoms with van der Waals surface area (Å²) in [7, 11) is 0. The Morgan fingerprint density at radius 3 is 2.03 bits per heavy atom. The maximum Gasteiger partial charge on any atom is 0.344 e. The zero-order valence-electron chi connectivity index (χ0n) is 18.2. The Bertz CT molecular complexity index is 958. The van der Waals surface area contributed by atoms with Gasteiger partial charge in [0.1, 0.15) is 0 Å². The van der Waals surface area contributed by atoms with Crippen molar-refractivity contribution < 1.29 is 28.6 Å². The summed E-state index contributed by atoms with van der Waals surface area (Å²) in [6, 6.07) is 17.5. The number of rotatable bonds is 6. The molecule has 1 amide bonds. The van der Waals surface area contributed by atoms with E-state index in [2.05, 4.69) is 0 Å². The largest absolute Gasteiger partial charge is 0.464 e. The molecule has 0 saturated carbocycles. The highest BCUT2D eigenvalue weighted by atomic mass is 16.6. The first-order chi connectivity index (χ1) is 15.6. The van der Waals surface area contributed by atoms with E-state index in [-0.39, 0.29) is 25.7 Å². The predicted molar refractivity (Wildman–Crippen MR) is 116 cm³/mol. The fraction of sp³-hybridized carbons (Fsp3) is 0.400. The lowest BCUT2D eigenvalue weighted by molar-refractivity contribution is -0.173. The highest BCUT2D eigenvalue weighted by Gasteiger charge is 2.72. The van der Waals surface area contributed by atoms with Gasteiger partial charge in [-0.25, -0.2) is 9.59 Å². The van der Waals surface area contributed by atoms with Gasteiger partial charge in [-0.15, -0.1) is 0 Å². The minimum atomic E-state index is -1.95. The molecule has 0 N–H and O–H groups in total. The molecule has 3 atom stereocenters. The summed E-state index contributed by atoms with van der Waals surface area (Å²) >= 11 is 0. The van der Waals surface area contributed by atoms with Crippen LogP contribution in [0.3, 0.4) is 0 Å². The molecule has 0 spiro atoms. The molecule has 4 rings (SSSR count). The summed E-state index contributed by atoms with van der Waals surface area (Å²) in [6.45, 7) is 4.05. The second-order valence-electron chi connectivity index (χ2n) is 7.91. The molecule has 0 radical (unpaired) electrons. The van der Waals surface area contributed by atoms with E-state index in [4.69, 9.17) is 14.2 Å². The summed E-state index contributed by atoms with van der Waals surface area (Å²) in [5, 5.41) is 0. The Balaban J connectivity index is 1.97. The van der Waals surface area contributed by atoms with Gasteiger partial charge in [0.15, 0.2) is 0 Å². The smallest absolute Gasteiger partial charge is 0.344 e. The number of nitrogens with zero attached hydrogens (tertiary/aromatic N) is 1. The van der Waals surface area contributed by atoms with Crippen molar-refractivity contribution in [1.29, 1.82) is 0 Å². The Morgan fingerprint density at radius 1 is 0.906 bits per heavy atom. The van der Waals surface area contributed by atoms with Crippen LogP contribution >= 0.6 is 0 Å². The van der Waals surface area contributed by atoms with Gasteiger partial charge in [0, 0.05) is 17.4 Å². The highest BCUT2D eigenvalue weighted by molar-refractivity contribution is 6.12. The summed E-state index contributed by atoms with van der Waals surface area (Å²) in [5.74, 6) is -2.90. The third-order valence-electron chi connectivity index (χ3n) is 6.25. The van der Waals surface area contributed by atoms with Gasteiger partial charge in [-0.1, -0.05) is 48.5 Å². The van der Waals surface area contributed by atoms with Crippen molar-refractivity contribution in [3.63, 3.8) is 0 Å². The summed E-state index contributed by atoms with van der Waals surface area (Å²) < 4.78 is 16.7. The fourth-order valence-electron chi connectivity index (χ4n) is 5.06. The average Bonchev–Trinajstić information content (AvgIpc) is 3.39. The van der Waals surface area contributed by atoms with Crippen molar-refractivity contribution in [2.24, 2.45) is 5.92 Å². The van der Waals surface area contributed by atoms with Crippen LogP contribution in [0.1, 0.15) is 35.7 Å². The molecule has 0 unspecified atom stereocenters. The number of carbonyl (C=O) groups is 3. The van der Waals surface area contributed by atoms with Gasteiger partial charge in [0.2, 0.25) is 5.54 Å². The van der Waals surface area contributed by atoms with Crippen molar-refractivity contribution in [3.05, 3.63) is 71.8 Å². The normalized spacial score (nSPS) is 23.4. The van der Waals surface area contributed by atoms with Crippen molar-refractivity contribution in [3.8, 4) is 0 Å². The number of esters is 2. The first-order valence-corrected chi connectivity index (χ1v) is 10.9. The Hall–Kier alpha value is -3.19. The Kier molecular flexibility index (Phi) is 6.28. The number of benzene rings is 2. The summed E-state index contributed by atoms with van der Waals surface area (Å²) in [5.41, 5.74) is -0.804. The molecule has 0 aliphatic carbocycles. The van der Waals surface area contributed by atoms with E-state index < -0.39 is 35.3 Å². The lowest BCUT2D eigenvalue weighted by atomic mass is 9.74. The summed E-state index contributed by atoms with van der Waals surface area (Å²) in [6.07, 6.45) is 0. The lowest BCUT2D eigenvalue weighted by Gasteiger charge is -2.39. The van der Waals surface area contributed by atoms with E-state index in [1.165, 1.54) is 4.90 Å². The molecule has 2 aromatic carbocycles. The number of hydrogen-bond donors (Lipinski definition) is 0. The molecule has 32 heavy (non-hydrogen) atoms. The van der Waals surface area contributed by atoms with Crippen LogP contribution in [0, 0.1) is 5.92 Å². The molecular weight excluding hydrogens is 410 g/mol. The third kappa shape index (κ3) is 3.37. The number of hydrogen-bond acceptors (Lipinski definition) is 6. The van der Waals surface area contributed by atoms with Gasteiger partial charge in [-0.3, -0.25) is 4.79 Å². The zero-order chi connectivity index (χ0) is 22.7. The van der Waals surface area contributed by atoms with Crippen LogP contribution in [-0.4, -0.2) is 60.8 Å². The standard InChI is InChI=1S/C25H27NO6/c1-3-31-23(28)25(24(29)32-4-2)21(17-11-7-5-8-12-17)19-15-30-16-20(19)26(25)22(27)18-13-9-6-10-14-18/h5-14,19-21H,3-4,15-16H2,1-2H3/t19-,20+,21+/m0/s1. The van der Waals surface area contributed by atoms with Crippen LogP contribution in [0.2, 0.25) is 0 Å². The number of carbonyl (C=O) groups excluding carboxylic acids is 3. The predicted octanol–water partition coefficient (Wildman–Crippen LogP) is 2.81. The highest BCUT2D eigenvalue weighted by Crippen LogP contribution is 2.53. The van der Waals surface area contributed by atoms with Crippen LogP contribution in [0.4, 0.5) is 0 Å². The van der Waals surface area contributed by atoms with Gasteiger partial charge >= 0.3 is 11.9 Å². The molecule has 2 heterocycles. The second-order valence-corrected chi connectivity index (χ2v) is 7.91. The van der Waals surface area contributed by atoms with Crippen LogP contribution in [0.5, 0.6) is 0 Å². The van der Waals surface area contributed by atoms with Crippen LogP contribution in [0.15, 0.2) is 60.7 Å². The second kappa shape index (κ2) is 9.12. The Labute approximate surface area is 187 Å². The van der Waals surface area contributed by atoms with Gasteiger partial charge in [-0.05, 0) is 31.5 Å². The quantitative estimate of drug-likeness (QED) is 0.511. The molecule has 2 fully saturated rings. The van der Waals surface area contributed by atoms with E-state index in [1.807, 2.05) is 30.3 Å². The number of amides is 1. The maximum atomic E-state index is 13.9. The number of likely N-dealkylation sites (tertiary alicyclic amines) is 1. The van der Waals surface area contributed by atoms with Crippen molar-refractivity contribution in [1.82, 2.24) is 4.90 Å². The minimum absolute atomic E-state index is 0.0701. The molecule has 7 nitrogen and oxygen atoms in total. The first kappa shape index (κ1) is 22.0. The zero-order valence-corrected chi connectivity index (χ0v) is 18.2. The topological polar surface area (TPSA) is 82.1 Å². The van der Waals surface area contributed by atoms with Gasteiger partial charge in [0.25, 0.3) is 5.91 Å². The molecule has 0 bridgehead atoms. The van der Waals surface area contributed by atoms with Gasteiger partial charge in [0.05, 0.1) is 32.5 Å². The molecular formula is C25H27NO6. The van der Waals surface area contributed by atoms with Crippen molar-refractivity contribution in [2.45, 2.75) is 31.3 Å². The van der Waals surface area contributed by atoms with E-state index in [1.54, 1.807) is 44.2 Å². The third-order valence-corrected chi connectivity index (χ3v) is 6.25. The molecule has 2 saturated heterocycles. The maximum absolute atomic E-state index is 13.9. The first-order valence-electron chi connectivity index (χ1n) is 10.9. The fourth-order valence-corrected chi connectivity index (χ4v) is 5.06. The van der Waals surface area contributed by atoms with E-state index in [9.17, 15) is 14.4 Å². The van der Waals surface area contributed by atoms with Crippen LogP contribution in [0.25, 0.3) is 0 Å². The lowest BCUT2D eigenvalue weighted by Crippen LogP contribution is -2.64. The van der Waals surface area contributed by atoms with Crippen molar-refractivity contribution in [2.75, 3.05) is 26.4 Å². The number of ether oxygens (including phenoxy) is 3. The van der Waals surface area contributed by atoms with Gasteiger partial charge in [-0.2, -0.15) is 0 Å². The molecule has 168 valence electrons. The Morgan fingerprint density at radius 2 is 1.47 bits per heavy atom. The molecule has 2 aliphatic rings.